The fourth-order valence-electron chi connectivity index (χ4n) is 2.83. The molecular weight excluding hydrogens is 302 g/mol. The molecule has 1 fully saturated rings. The van der Waals surface area contributed by atoms with Gasteiger partial charge in [0.2, 0.25) is 0 Å². The SMILES string of the molecule is COC(=O)C1=Nc2cc(/C=C/c3ccccc3)ccc2OC12CC2. The maximum Gasteiger partial charge on any atom is 0.356 e. The smallest absolute Gasteiger partial charge is 0.356 e. The highest BCUT2D eigenvalue weighted by atomic mass is 16.5. The molecule has 0 bridgehead atoms. The normalized spacial score (nSPS) is 17.1. The van der Waals surface area contributed by atoms with Crippen LogP contribution in [0.25, 0.3) is 12.2 Å². The van der Waals surface area contributed by atoms with E-state index in [9.17, 15) is 4.79 Å². The van der Waals surface area contributed by atoms with E-state index in [0.29, 0.717) is 11.4 Å². The molecule has 0 radical (unpaired) electrons. The van der Waals surface area contributed by atoms with Gasteiger partial charge in [-0.15, -0.1) is 0 Å². The number of rotatable bonds is 3. The van der Waals surface area contributed by atoms with E-state index in [1.54, 1.807) is 0 Å². The van der Waals surface area contributed by atoms with Crippen LogP contribution in [-0.4, -0.2) is 24.4 Å². The van der Waals surface area contributed by atoms with E-state index in [1.165, 1.54) is 7.11 Å². The zero-order valence-electron chi connectivity index (χ0n) is 13.4. The van der Waals surface area contributed by atoms with Crippen molar-refractivity contribution >= 4 is 29.5 Å². The zero-order valence-corrected chi connectivity index (χ0v) is 13.4. The molecule has 1 aliphatic heterocycles. The van der Waals surface area contributed by atoms with Crippen LogP contribution in [0.5, 0.6) is 5.75 Å². The minimum atomic E-state index is -0.568. The molecule has 4 heteroatoms. The van der Waals surface area contributed by atoms with Crippen molar-refractivity contribution in [2.45, 2.75) is 18.4 Å². The summed E-state index contributed by atoms with van der Waals surface area (Å²) in [6, 6.07) is 15.9. The number of hydrogen-bond donors (Lipinski definition) is 0. The largest absolute Gasteiger partial charge is 0.478 e. The van der Waals surface area contributed by atoms with Crippen molar-refractivity contribution in [1.82, 2.24) is 0 Å². The fraction of sp³-hybridized carbons (Fsp3) is 0.200. The molecule has 4 nitrogen and oxygen atoms in total. The van der Waals surface area contributed by atoms with Crippen molar-refractivity contribution in [3.05, 3.63) is 59.7 Å². The van der Waals surface area contributed by atoms with Gasteiger partial charge in [-0.05, 0) is 36.1 Å². The van der Waals surface area contributed by atoms with Crippen LogP contribution < -0.4 is 4.74 Å². The summed E-state index contributed by atoms with van der Waals surface area (Å²) in [5.74, 6) is 0.306. The number of ether oxygens (including phenoxy) is 2. The minimum Gasteiger partial charge on any atom is -0.478 e. The van der Waals surface area contributed by atoms with Gasteiger partial charge in [0.05, 0.1) is 7.11 Å². The molecule has 0 atom stereocenters. The summed E-state index contributed by atoms with van der Waals surface area (Å²) in [5.41, 5.74) is 2.61. The highest BCUT2D eigenvalue weighted by Gasteiger charge is 2.55. The highest BCUT2D eigenvalue weighted by molar-refractivity contribution is 6.41. The van der Waals surface area contributed by atoms with Crippen molar-refractivity contribution in [2.24, 2.45) is 4.99 Å². The van der Waals surface area contributed by atoms with Crippen LogP contribution in [0.4, 0.5) is 5.69 Å². The summed E-state index contributed by atoms with van der Waals surface area (Å²) in [4.78, 5) is 16.5. The number of hydrogen-bond acceptors (Lipinski definition) is 4. The van der Waals surface area contributed by atoms with Crippen molar-refractivity contribution < 1.29 is 14.3 Å². The zero-order chi connectivity index (χ0) is 16.6. The van der Waals surface area contributed by atoms with Gasteiger partial charge in [0.25, 0.3) is 0 Å². The van der Waals surface area contributed by atoms with Crippen LogP contribution in [0.1, 0.15) is 24.0 Å². The van der Waals surface area contributed by atoms with Gasteiger partial charge in [-0.3, -0.25) is 0 Å². The van der Waals surface area contributed by atoms with Crippen LogP contribution in [0.15, 0.2) is 53.5 Å². The molecule has 0 aromatic heterocycles. The van der Waals surface area contributed by atoms with Crippen LogP contribution in [-0.2, 0) is 9.53 Å². The lowest BCUT2D eigenvalue weighted by molar-refractivity contribution is -0.133. The molecule has 1 aliphatic carbocycles. The lowest BCUT2D eigenvalue weighted by Crippen LogP contribution is -2.38. The molecule has 1 spiro atoms. The molecule has 120 valence electrons. The summed E-state index contributed by atoms with van der Waals surface area (Å²) in [7, 11) is 1.37. The van der Waals surface area contributed by atoms with Gasteiger partial charge in [-0.25, -0.2) is 9.79 Å². The monoisotopic (exact) mass is 319 g/mol. The van der Waals surface area contributed by atoms with Gasteiger partial charge in [0, 0.05) is 0 Å². The predicted molar refractivity (Wildman–Crippen MR) is 93.5 cm³/mol. The van der Waals surface area contributed by atoms with Crippen molar-refractivity contribution in [3.8, 4) is 5.75 Å². The van der Waals surface area contributed by atoms with Crippen LogP contribution in [0.2, 0.25) is 0 Å². The molecule has 2 aromatic rings. The molecular formula is C20H17NO3. The Kier molecular flexibility index (Phi) is 3.45. The average Bonchev–Trinajstić information content (AvgIpc) is 3.39. The number of aliphatic imine (C=N–C) groups is 1. The molecule has 1 saturated carbocycles. The quantitative estimate of drug-likeness (QED) is 0.634. The lowest BCUT2D eigenvalue weighted by atomic mass is 10.1. The van der Waals surface area contributed by atoms with Crippen LogP contribution >= 0.6 is 0 Å². The van der Waals surface area contributed by atoms with E-state index in [1.807, 2.05) is 60.7 Å². The molecule has 2 aliphatic rings. The van der Waals surface area contributed by atoms with E-state index in [-0.39, 0.29) is 0 Å². The van der Waals surface area contributed by atoms with Gasteiger partial charge in [-0.2, -0.15) is 0 Å². The molecule has 0 N–H and O–H groups in total. The Morgan fingerprint density at radius 3 is 2.58 bits per heavy atom. The second kappa shape index (κ2) is 5.64. The first-order valence-electron chi connectivity index (χ1n) is 7.94. The standard InChI is InChI=1S/C20H17NO3/c1-23-19(22)18-20(11-12-20)24-17-10-9-15(13-16(17)21-18)8-7-14-5-3-2-4-6-14/h2-10,13H,11-12H2,1H3/b8-7+. The predicted octanol–water partition coefficient (Wildman–Crippen LogP) is 4.03. The van der Waals surface area contributed by atoms with E-state index in [4.69, 9.17) is 9.47 Å². The Labute approximate surface area is 140 Å². The first-order chi connectivity index (χ1) is 11.7. The lowest BCUT2D eigenvalue weighted by Gasteiger charge is -2.24. The van der Waals surface area contributed by atoms with E-state index in [2.05, 4.69) is 4.99 Å². The van der Waals surface area contributed by atoms with E-state index < -0.39 is 11.6 Å². The number of fused-ring (bicyclic) bond motifs is 1. The van der Waals surface area contributed by atoms with Gasteiger partial charge in [-0.1, -0.05) is 48.6 Å². The Morgan fingerprint density at radius 1 is 1.12 bits per heavy atom. The van der Waals surface area contributed by atoms with Gasteiger partial charge in [0.1, 0.15) is 11.4 Å². The Morgan fingerprint density at radius 2 is 1.88 bits per heavy atom. The Hall–Kier alpha value is -2.88. The summed E-state index contributed by atoms with van der Waals surface area (Å²) < 4.78 is 10.9. The van der Waals surface area contributed by atoms with Crippen molar-refractivity contribution in [2.75, 3.05) is 7.11 Å². The summed E-state index contributed by atoms with van der Waals surface area (Å²) in [5, 5.41) is 0. The van der Waals surface area contributed by atoms with Crippen LogP contribution in [0, 0.1) is 0 Å². The molecule has 4 rings (SSSR count). The third-order valence-electron chi connectivity index (χ3n) is 4.30. The number of carbonyl (C=O) groups excluding carboxylic acids is 1. The minimum absolute atomic E-state index is 0.377. The van der Waals surface area contributed by atoms with E-state index in [0.717, 1.165) is 29.7 Å². The van der Waals surface area contributed by atoms with Gasteiger partial charge >= 0.3 is 5.97 Å². The fourth-order valence-corrected chi connectivity index (χ4v) is 2.83. The summed E-state index contributed by atoms with van der Waals surface area (Å²) in [6.07, 6.45) is 5.66. The number of nitrogens with zero attached hydrogens (tertiary/aromatic N) is 1. The second-order valence-corrected chi connectivity index (χ2v) is 6.02. The topological polar surface area (TPSA) is 47.9 Å². The van der Waals surface area contributed by atoms with Crippen LogP contribution in [0.3, 0.4) is 0 Å². The molecule has 24 heavy (non-hydrogen) atoms. The maximum atomic E-state index is 12.0. The third-order valence-corrected chi connectivity index (χ3v) is 4.30. The second-order valence-electron chi connectivity index (χ2n) is 6.02. The average molecular weight is 319 g/mol. The Balaban J connectivity index is 1.66. The summed E-state index contributed by atoms with van der Waals surface area (Å²) in [6.45, 7) is 0. The molecule has 0 saturated heterocycles. The number of methoxy groups -OCH3 is 1. The maximum absolute atomic E-state index is 12.0. The van der Waals surface area contributed by atoms with Crippen molar-refractivity contribution in [1.29, 1.82) is 0 Å². The number of esters is 1. The Bertz CT molecular complexity index is 848. The third kappa shape index (κ3) is 2.60. The van der Waals surface area contributed by atoms with E-state index >= 15 is 0 Å². The van der Waals surface area contributed by atoms with Gasteiger partial charge < -0.3 is 9.47 Å². The molecule has 2 aromatic carbocycles. The molecule has 0 amide bonds. The number of benzene rings is 2. The first kappa shape index (κ1) is 14.7. The number of carbonyl (C=O) groups is 1. The highest BCUT2D eigenvalue weighted by Crippen LogP contribution is 2.48. The summed E-state index contributed by atoms with van der Waals surface area (Å²) >= 11 is 0. The molecule has 0 unspecified atom stereocenters. The van der Waals surface area contributed by atoms with Crippen molar-refractivity contribution in [3.63, 3.8) is 0 Å². The van der Waals surface area contributed by atoms with Gasteiger partial charge in [0.15, 0.2) is 11.3 Å². The first-order valence-corrected chi connectivity index (χ1v) is 7.94. The molecule has 1 heterocycles.